The molecule has 2 amide bonds. The second kappa shape index (κ2) is 7.27. The van der Waals surface area contributed by atoms with Gasteiger partial charge in [0.25, 0.3) is 11.8 Å². The molecule has 0 N–H and O–H groups in total. The highest BCUT2D eigenvalue weighted by Gasteiger charge is 2.37. The zero-order chi connectivity index (χ0) is 19.1. The molecule has 3 aromatic rings. The van der Waals surface area contributed by atoms with E-state index in [1.54, 1.807) is 17.5 Å². The van der Waals surface area contributed by atoms with Crippen LogP contribution in [0.2, 0.25) is 0 Å². The third-order valence-corrected chi connectivity index (χ3v) is 7.38. The van der Waals surface area contributed by atoms with E-state index in [1.807, 2.05) is 39.4 Å². The minimum atomic E-state index is 0.0322. The molecule has 2 aromatic heterocycles. The number of hydrogen-bond donors (Lipinski definition) is 0. The summed E-state index contributed by atoms with van der Waals surface area (Å²) in [7, 11) is 0. The fourth-order valence-electron chi connectivity index (χ4n) is 3.85. The maximum absolute atomic E-state index is 12.8. The number of carbonyl (C=O) groups is 2. The summed E-state index contributed by atoms with van der Waals surface area (Å²) in [6, 6.07) is 10.5. The van der Waals surface area contributed by atoms with E-state index in [9.17, 15) is 9.59 Å². The van der Waals surface area contributed by atoms with Crippen LogP contribution in [0.15, 0.2) is 41.9 Å². The normalized spacial score (nSPS) is 18.4. The van der Waals surface area contributed by atoms with E-state index in [0.29, 0.717) is 11.0 Å². The minimum absolute atomic E-state index is 0.0322. The smallest absolute Gasteiger partial charge is 0.282 e. The summed E-state index contributed by atoms with van der Waals surface area (Å²) in [5, 5.41) is 3.53. The molecule has 28 heavy (non-hydrogen) atoms. The molecular formula is C20H20N4O2S2. The first kappa shape index (κ1) is 17.8. The first-order valence-electron chi connectivity index (χ1n) is 9.40. The number of carbonyl (C=O) groups excluding carboxylic acids is 2. The van der Waals surface area contributed by atoms with Crippen LogP contribution >= 0.6 is 22.7 Å². The Kier molecular flexibility index (Phi) is 4.62. The summed E-state index contributed by atoms with van der Waals surface area (Å²) >= 11 is 2.96. The Labute approximate surface area is 171 Å². The van der Waals surface area contributed by atoms with Gasteiger partial charge in [-0.2, -0.15) is 0 Å². The number of thiazole rings is 1. The number of aromatic nitrogens is 1. The lowest BCUT2D eigenvalue weighted by molar-refractivity contribution is 0.00879. The number of rotatable bonds is 3. The van der Waals surface area contributed by atoms with Gasteiger partial charge >= 0.3 is 0 Å². The number of benzene rings is 1. The average molecular weight is 413 g/mol. The summed E-state index contributed by atoms with van der Waals surface area (Å²) in [5.74, 6) is 0.167. The second-order valence-corrected chi connectivity index (χ2v) is 9.16. The van der Waals surface area contributed by atoms with E-state index < -0.39 is 0 Å². The largest absolute Gasteiger partial charge is 0.335 e. The predicted octanol–water partition coefficient (Wildman–Crippen LogP) is 2.64. The molecule has 2 fully saturated rings. The van der Waals surface area contributed by atoms with Gasteiger partial charge in [-0.3, -0.25) is 14.5 Å². The molecule has 144 valence electrons. The fraction of sp³-hybridized carbons (Fsp3) is 0.350. The maximum atomic E-state index is 12.8. The van der Waals surface area contributed by atoms with E-state index in [2.05, 4.69) is 16.0 Å². The Hall–Kier alpha value is -2.29. The molecule has 8 heteroatoms. The van der Waals surface area contributed by atoms with Crippen LogP contribution in [-0.2, 0) is 0 Å². The number of amides is 2. The van der Waals surface area contributed by atoms with Crippen LogP contribution < -0.4 is 0 Å². The Morgan fingerprint density at radius 2 is 1.79 bits per heavy atom. The highest BCUT2D eigenvalue weighted by molar-refractivity contribution is 7.20. The summed E-state index contributed by atoms with van der Waals surface area (Å²) in [6.45, 7) is 4.69. The Bertz CT molecular complexity index is 969. The van der Waals surface area contributed by atoms with Crippen molar-refractivity contribution in [2.24, 2.45) is 0 Å². The van der Waals surface area contributed by atoms with Crippen LogP contribution in [0.5, 0.6) is 0 Å². The van der Waals surface area contributed by atoms with Gasteiger partial charge in [-0.05, 0) is 17.5 Å². The lowest BCUT2D eigenvalue weighted by atomic mass is 10.1. The number of thiophene rings is 1. The molecule has 0 unspecified atom stereocenters. The number of hydrogen-bond acceptors (Lipinski definition) is 6. The Morgan fingerprint density at radius 1 is 1.00 bits per heavy atom. The predicted molar refractivity (Wildman–Crippen MR) is 111 cm³/mol. The van der Waals surface area contributed by atoms with Crippen molar-refractivity contribution in [3.05, 3.63) is 51.8 Å². The summed E-state index contributed by atoms with van der Waals surface area (Å²) in [5.41, 5.74) is 0. The average Bonchev–Trinajstić information content (AvgIpc) is 3.36. The molecular weight excluding hydrogens is 392 g/mol. The van der Waals surface area contributed by atoms with Gasteiger partial charge in [-0.25, -0.2) is 4.98 Å². The molecule has 0 bridgehead atoms. The van der Waals surface area contributed by atoms with Crippen LogP contribution in [0.3, 0.4) is 0 Å². The lowest BCUT2D eigenvalue weighted by Crippen LogP contribution is -2.64. The molecule has 0 aliphatic carbocycles. The molecule has 0 saturated carbocycles. The molecule has 0 atom stereocenters. The summed E-state index contributed by atoms with van der Waals surface area (Å²) in [6.07, 6.45) is 1.67. The van der Waals surface area contributed by atoms with Gasteiger partial charge in [0.15, 0.2) is 5.01 Å². The van der Waals surface area contributed by atoms with Gasteiger partial charge in [-0.1, -0.05) is 18.2 Å². The van der Waals surface area contributed by atoms with Crippen molar-refractivity contribution in [1.29, 1.82) is 0 Å². The standard InChI is InChI=1S/C20H20N4O2S2/c25-19(17-11-14-3-1-2-4-16(14)28-17)24-12-15(13-24)22-6-8-23(9-7-22)20(26)18-21-5-10-27-18/h1-5,10-11,15H,6-9,12-13H2. The molecule has 0 spiro atoms. The van der Waals surface area contributed by atoms with Crippen molar-refractivity contribution in [1.82, 2.24) is 19.7 Å². The first-order valence-corrected chi connectivity index (χ1v) is 11.1. The molecule has 5 rings (SSSR count). The van der Waals surface area contributed by atoms with Crippen LogP contribution in [-0.4, -0.2) is 76.8 Å². The van der Waals surface area contributed by atoms with E-state index in [4.69, 9.17) is 0 Å². The fourth-order valence-corrected chi connectivity index (χ4v) is 5.48. The Balaban J connectivity index is 1.14. The molecule has 2 aliphatic heterocycles. The zero-order valence-electron chi connectivity index (χ0n) is 15.3. The minimum Gasteiger partial charge on any atom is -0.335 e. The van der Waals surface area contributed by atoms with Crippen molar-refractivity contribution >= 4 is 44.6 Å². The number of likely N-dealkylation sites (tertiary alicyclic amines) is 1. The van der Waals surface area contributed by atoms with Gasteiger partial charge in [0.1, 0.15) is 0 Å². The van der Waals surface area contributed by atoms with Crippen molar-refractivity contribution in [2.45, 2.75) is 6.04 Å². The third-order valence-electron chi connectivity index (χ3n) is 5.52. The van der Waals surface area contributed by atoms with Crippen molar-refractivity contribution in [3.63, 3.8) is 0 Å². The topological polar surface area (TPSA) is 56.8 Å². The number of piperazine rings is 1. The number of fused-ring (bicyclic) bond motifs is 1. The lowest BCUT2D eigenvalue weighted by Gasteiger charge is -2.47. The van der Waals surface area contributed by atoms with E-state index in [-0.39, 0.29) is 11.8 Å². The maximum Gasteiger partial charge on any atom is 0.282 e. The van der Waals surface area contributed by atoms with Crippen LogP contribution in [0.4, 0.5) is 0 Å². The van der Waals surface area contributed by atoms with Gasteiger partial charge in [-0.15, -0.1) is 22.7 Å². The van der Waals surface area contributed by atoms with Gasteiger partial charge in [0, 0.05) is 61.6 Å². The molecule has 0 radical (unpaired) electrons. The van der Waals surface area contributed by atoms with Crippen molar-refractivity contribution in [2.75, 3.05) is 39.3 Å². The molecule has 1 aromatic carbocycles. The van der Waals surface area contributed by atoms with E-state index in [0.717, 1.165) is 54.2 Å². The van der Waals surface area contributed by atoms with Crippen molar-refractivity contribution < 1.29 is 9.59 Å². The molecule has 6 nitrogen and oxygen atoms in total. The van der Waals surface area contributed by atoms with Gasteiger partial charge in [0.2, 0.25) is 0 Å². The highest BCUT2D eigenvalue weighted by Crippen LogP contribution is 2.28. The highest BCUT2D eigenvalue weighted by atomic mass is 32.1. The SMILES string of the molecule is O=C(c1cc2ccccc2s1)N1CC(N2CCN(C(=O)c3nccs3)CC2)C1. The molecule has 2 aliphatic rings. The van der Waals surface area contributed by atoms with Gasteiger partial charge in [0.05, 0.1) is 4.88 Å². The second-order valence-electron chi connectivity index (χ2n) is 7.18. The summed E-state index contributed by atoms with van der Waals surface area (Å²) in [4.78, 5) is 36.3. The van der Waals surface area contributed by atoms with E-state index in [1.165, 1.54) is 11.3 Å². The number of nitrogens with zero attached hydrogens (tertiary/aromatic N) is 4. The first-order chi connectivity index (χ1) is 13.7. The van der Waals surface area contributed by atoms with Gasteiger partial charge < -0.3 is 9.80 Å². The van der Waals surface area contributed by atoms with Crippen LogP contribution in [0.25, 0.3) is 10.1 Å². The monoisotopic (exact) mass is 412 g/mol. The van der Waals surface area contributed by atoms with E-state index >= 15 is 0 Å². The summed E-state index contributed by atoms with van der Waals surface area (Å²) < 4.78 is 1.16. The molecule has 2 saturated heterocycles. The van der Waals surface area contributed by atoms with Crippen LogP contribution in [0, 0.1) is 0 Å². The zero-order valence-corrected chi connectivity index (χ0v) is 16.9. The molecule has 4 heterocycles. The van der Waals surface area contributed by atoms with Crippen LogP contribution in [0.1, 0.15) is 19.5 Å². The van der Waals surface area contributed by atoms with Crippen molar-refractivity contribution in [3.8, 4) is 0 Å². The Morgan fingerprint density at radius 3 is 2.50 bits per heavy atom. The quantitative estimate of drug-likeness (QED) is 0.664. The third kappa shape index (κ3) is 3.21.